The van der Waals surface area contributed by atoms with Crippen molar-refractivity contribution in [2.45, 2.75) is 6.18 Å². The molecule has 0 bridgehead atoms. The van der Waals surface area contributed by atoms with Gasteiger partial charge in [-0.25, -0.2) is 0 Å². The number of nitrogens with zero attached hydrogens (tertiary/aromatic N) is 3. The molecule has 0 aliphatic carbocycles. The van der Waals surface area contributed by atoms with Gasteiger partial charge >= 0.3 is 6.18 Å². The molecule has 1 saturated heterocycles. The minimum Gasteiger partial charge on any atom is -0.328 e. The highest BCUT2D eigenvalue weighted by Crippen LogP contribution is 2.20. The maximum Gasteiger partial charge on any atom is 0.449 e. The van der Waals surface area contributed by atoms with Crippen LogP contribution in [0.25, 0.3) is 0 Å². The minimum absolute atomic E-state index is 0.201. The lowest BCUT2D eigenvalue weighted by molar-refractivity contribution is -0.468. The number of nitro groups is 1. The van der Waals surface area contributed by atoms with Crippen molar-refractivity contribution in [3.8, 4) is 0 Å². The van der Waals surface area contributed by atoms with E-state index in [-0.39, 0.29) is 13.1 Å². The van der Waals surface area contributed by atoms with Crippen LogP contribution in [-0.4, -0.2) is 64.7 Å². The molecule has 0 radical (unpaired) electrons. The summed E-state index contributed by atoms with van der Waals surface area (Å²) in [5.74, 6) is -3.14. The van der Waals surface area contributed by atoms with Crippen molar-refractivity contribution in [3.05, 3.63) is 10.1 Å². The van der Waals surface area contributed by atoms with Gasteiger partial charge in [0.2, 0.25) is 5.84 Å². The van der Waals surface area contributed by atoms with Crippen molar-refractivity contribution in [3.63, 3.8) is 0 Å². The first kappa shape index (κ1) is 14.9. The number of carbonyl (C=O) groups excluding carboxylic acids is 1. The topological polar surface area (TPSA) is 114 Å². The zero-order valence-corrected chi connectivity index (χ0v) is 9.53. The van der Waals surface area contributed by atoms with Crippen molar-refractivity contribution < 1.29 is 22.9 Å². The number of hydrogen-bond acceptors (Lipinski definition) is 5. The summed E-state index contributed by atoms with van der Waals surface area (Å²) in [6.07, 6.45) is -4.88. The number of piperazine rings is 1. The lowest BCUT2D eigenvalue weighted by Gasteiger charge is -2.35. The molecular weight excluding hydrogens is 271 g/mol. The maximum atomic E-state index is 12.3. The van der Waals surface area contributed by atoms with Crippen molar-refractivity contribution in [1.82, 2.24) is 9.80 Å². The van der Waals surface area contributed by atoms with Gasteiger partial charge in [-0.2, -0.15) is 13.2 Å². The predicted molar refractivity (Wildman–Crippen MR) is 56.7 cm³/mol. The number of alkyl halides is 3. The number of nitrogens with one attached hydrogen (secondary N) is 2. The molecule has 11 heteroatoms. The van der Waals surface area contributed by atoms with E-state index in [1.165, 1.54) is 0 Å². The first-order chi connectivity index (χ1) is 8.62. The van der Waals surface area contributed by atoms with Crippen LogP contribution in [0, 0.1) is 20.9 Å². The largest absolute Gasteiger partial charge is 0.449 e. The molecule has 0 atom stereocenters. The standard InChI is InChI=1S/C8H10F3N5O3/c9-8(10,11)7(13)15-2-1-14(3-5(15)12)6(17)4-16(18)19/h12-13H,1-4H2. The van der Waals surface area contributed by atoms with E-state index in [0.717, 1.165) is 4.90 Å². The Hall–Kier alpha value is -2.20. The molecule has 1 heterocycles. The Kier molecular flexibility index (Phi) is 4.07. The van der Waals surface area contributed by atoms with Crippen molar-refractivity contribution in [1.29, 1.82) is 10.8 Å². The third kappa shape index (κ3) is 3.63. The van der Waals surface area contributed by atoms with Crippen molar-refractivity contribution >= 4 is 17.6 Å². The van der Waals surface area contributed by atoms with Crippen LogP contribution in [0.3, 0.4) is 0 Å². The molecule has 0 unspecified atom stereocenters. The molecule has 19 heavy (non-hydrogen) atoms. The van der Waals surface area contributed by atoms with Crippen LogP contribution in [0.2, 0.25) is 0 Å². The van der Waals surface area contributed by atoms with Crippen LogP contribution in [0.1, 0.15) is 0 Å². The zero-order valence-electron chi connectivity index (χ0n) is 9.53. The Labute approximate surface area is 104 Å². The summed E-state index contributed by atoms with van der Waals surface area (Å²) in [6, 6.07) is 0. The fraction of sp³-hybridized carbons (Fsp3) is 0.625. The third-order valence-electron chi connectivity index (χ3n) is 2.42. The van der Waals surface area contributed by atoms with Gasteiger partial charge in [0.1, 0.15) is 5.84 Å². The summed E-state index contributed by atoms with van der Waals surface area (Å²) >= 11 is 0. The highest BCUT2D eigenvalue weighted by molar-refractivity contribution is 6.02. The molecule has 0 spiro atoms. The van der Waals surface area contributed by atoms with E-state index in [1.54, 1.807) is 0 Å². The quantitative estimate of drug-likeness (QED) is 0.319. The molecule has 1 rings (SSSR count). The molecule has 0 aromatic heterocycles. The van der Waals surface area contributed by atoms with Gasteiger partial charge in [-0.1, -0.05) is 0 Å². The molecular formula is C8H10F3N5O3. The SMILES string of the molecule is N=C1CN(C(=O)C[N+](=O)[O-])CCN1C(=N)C(F)(F)F. The summed E-state index contributed by atoms with van der Waals surface area (Å²) in [5, 5.41) is 24.4. The number of amides is 1. The van der Waals surface area contributed by atoms with Gasteiger partial charge in [-0.3, -0.25) is 25.7 Å². The molecule has 1 aliphatic rings. The third-order valence-corrected chi connectivity index (χ3v) is 2.42. The molecule has 1 amide bonds. The summed E-state index contributed by atoms with van der Waals surface area (Å²) in [6.45, 7) is -2.04. The fourth-order valence-corrected chi connectivity index (χ4v) is 1.52. The van der Waals surface area contributed by atoms with Crippen molar-refractivity contribution in [2.24, 2.45) is 0 Å². The molecule has 106 valence electrons. The van der Waals surface area contributed by atoms with Gasteiger partial charge in [0.05, 0.1) is 6.54 Å². The molecule has 1 aliphatic heterocycles. The predicted octanol–water partition coefficient (Wildman–Crippen LogP) is -0.0759. The monoisotopic (exact) mass is 281 g/mol. The van der Waals surface area contributed by atoms with E-state index in [2.05, 4.69) is 0 Å². The van der Waals surface area contributed by atoms with Crippen LogP contribution in [0.15, 0.2) is 0 Å². The summed E-state index contributed by atoms with van der Waals surface area (Å²) in [7, 11) is 0. The Morgan fingerprint density at radius 1 is 1.42 bits per heavy atom. The van der Waals surface area contributed by atoms with E-state index in [0.29, 0.717) is 4.90 Å². The van der Waals surface area contributed by atoms with Crippen LogP contribution in [0.4, 0.5) is 13.2 Å². The van der Waals surface area contributed by atoms with Gasteiger partial charge in [0.25, 0.3) is 12.5 Å². The normalized spacial score (nSPS) is 16.5. The second-order valence-electron chi connectivity index (χ2n) is 3.75. The van der Waals surface area contributed by atoms with Gasteiger partial charge in [-0.05, 0) is 0 Å². The molecule has 0 aromatic rings. The van der Waals surface area contributed by atoms with E-state index in [9.17, 15) is 28.1 Å². The second kappa shape index (κ2) is 5.20. The molecule has 8 nitrogen and oxygen atoms in total. The van der Waals surface area contributed by atoms with Crippen LogP contribution in [-0.2, 0) is 4.79 Å². The maximum absolute atomic E-state index is 12.3. The average Bonchev–Trinajstić information content (AvgIpc) is 2.25. The number of carbonyl (C=O) groups is 1. The number of rotatable bonds is 2. The Morgan fingerprint density at radius 3 is 2.42 bits per heavy atom. The van der Waals surface area contributed by atoms with E-state index in [1.807, 2.05) is 0 Å². The van der Waals surface area contributed by atoms with E-state index < -0.39 is 41.8 Å². The highest BCUT2D eigenvalue weighted by atomic mass is 19.4. The van der Waals surface area contributed by atoms with Crippen LogP contribution >= 0.6 is 0 Å². The fourth-order valence-electron chi connectivity index (χ4n) is 1.52. The molecule has 1 fully saturated rings. The number of hydrogen-bond donors (Lipinski definition) is 2. The van der Waals surface area contributed by atoms with Crippen molar-refractivity contribution in [2.75, 3.05) is 26.2 Å². The zero-order chi connectivity index (χ0) is 14.8. The Bertz CT molecular complexity index is 436. The molecule has 0 saturated carbocycles. The van der Waals surface area contributed by atoms with E-state index >= 15 is 0 Å². The summed E-state index contributed by atoms with van der Waals surface area (Å²) < 4.78 is 36.9. The minimum atomic E-state index is -4.88. The molecule has 2 N–H and O–H groups in total. The van der Waals surface area contributed by atoms with Crippen LogP contribution < -0.4 is 0 Å². The second-order valence-corrected chi connectivity index (χ2v) is 3.75. The lowest BCUT2D eigenvalue weighted by Crippen LogP contribution is -2.57. The number of halogens is 3. The Balaban J connectivity index is 2.67. The van der Waals surface area contributed by atoms with Crippen LogP contribution in [0.5, 0.6) is 0 Å². The highest BCUT2D eigenvalue weighted by Gasteiger charge is 2.41. The lowest BCUT2D eigenvalue weighted by atomic mass is 10.2. The Morgan fingerprint density at radius 2 is 2.00 bits per heavy atom. The number of amidine groups is 2. The first-order valence-corrected chi connectivity index (χ1v) is 5.03. The average molecular weight is 281 g/mol. The smallest absolute Gasteiger partial charge is 0.328 e. The summed E-state index contributed by atoms with van der Waals surface area (Å²) in [4.78, 5) is 22.0. The van der Waals surface area contributed by atoms with E-state index in [4.69, 9.17) is 10.8 Å². The van der Waals surface area contributed by atoms with Gasteiger partial charge < -0.3 is 9.80 Å². The van der Waals surface area contributed by atoms with Gasteiger partial charge in [-0.15, -0.1) is 0 Å². The molecule has 0 aromatic carbocycles. The summed E-state index contributed by atoms with van der Waals surface area (Å²) in [5.41, 5.74) is 0. The first-order valence-electron chi connectivity index (χ1n) is 5.03. The van der Waals surface area contributed by atoms with Gasteiger partial charge in [0.15, 0.2) is 0 Å². The van der Waals surface area contributed by atoms with Gasteiger partial charge in [0, 0.05) is 18.0 Å².